The molecule has 3 aromatic carbocycles. The van der Waals surface area contributed by atoms with E-state index in [1.165, 1.54) is 12.1 Å². The van der Waals surface area contributed by atoms with Crippen LogP contribution in [0.25, 0.3) is 10.8 Å². The van der Waals surface area contributed by atoms with E-state index in [1.807, 2.05) is 35.1 Å². The molecule has 0 aliphatic heterocycles. The molecular formula is C20H17FN2O5S. The van der Waals surface area contributed by atoms with Gasteiger partial charge in [-0.15, -0.1) is 0 Å². The first-order valence-corrected chi connectivity index (χ1v) is 10.0. The quantitative estimate of drug-likeness (QED) is 0.576. The number of benzene rings is 3. The molecule has 150 valence electrons. The van der Waals surface area contributed by atoms with Crippen LogP contribution in [-0.2, 0) is 24.3 Å². The summed E-state index contributed by atoms with van der Waals surface area (Å²) in [4.78, 5) is 23.3. The van der Waals surface area contributed by atoms with E-state index >= 15 is 0 Å². The van der Waals surface area contributed by atoms with E-state index in [1.54, 1.807) is 12.1 Å². The van der Waals surface area contributed by atoms with Crippen LogP contribution in [0.3, 0.4) is 0 Å². The summed E-state index contributed by atoms with van der Waals surface area (Å²) in [5, 5.41) is 4.55. The number of sulfonamides is 1. The second-order valence-corrected chi connectivity index (χ2v) is 7.82. The first kappa shape index (κ1) is 20.4. The molecule has 0 atom stereocenters. The highest BCUT2D eigenvalue weighted by molar-refractivity contribution is 7.89. The van der Waals surface area contributed by atoms with Crippen molar-refractivity contribution in [1.82, 2.24) is 4.72 Å². The minimum Gasteiger partial charge on any atom is -0.455 e. The van der Waals surface area contributed by atoms with Crippen molar-refractivity contribution in [2.75, 3.05) is 18.5 Å². The van der Waals surface area contributed by atoms with Crippen LogP contribution >= 0.6 is 0 Å². The van der Waals surface area contributed by atoms with Gasteiger partial charge in [0, 0.05) is 5.69 Å². The number of hydrogen-bond donors (Lipinski definition) is 2. The normalized spacial score (nSPS) is 11.2. The van der Waals surface area contributed by atoms with Crippen LogP contribution in [0, 0.1) is 5.82 Å². The standard InChI is InChI=1S/C20H17FN2O5S/c21-16-6-3-7-18(11-16)29(26,27)22-12-20(25)28-13-19(24)23-17-9-8-14-4-1-2-5-15(14)10-17/h1-11,22H,12-13H2,(H,23,24). The van der Waals surface area contributed by atoms with Crippen molar-refractivity contribution in [3.63, 3.8) is 0 Å². The van der Waals surface area contributed by atoms with Gasteiger partial charge in [0.25, 0.3) is 5.91 Å². The Labute approximate surface area is 166 Å². The SMILES string of the molecule is O=C(COC(=O)CNS(=O)(=O)c1cccc(F)c1)Nc1ccc2ccccc2c1. The number of fused-ring (bicyclic) bond motifs is 1. The summed E-state index contributed by atoms with van der Waals surface area (Å²) in [5.41, 5.74) is 0.538. The number of carbonyl (C=O) groups is 2. The minimum absolute atomic E-state index is 0.320. The largest absolute Gasteiger partial charge is 0.455 e. The number of halogens is 1. The number of esters is 1. The smallest absolute Gasteiger partial charge is 0.321 e. The van der Waals surface area contributed by atoms with Crippen molar-refractivity contribution in [2.24, 2.45) is 0 Å². The molecule has 0 bridgehead atoms. The van der Waals surface area contributed by atoms with Gasteiger partial charge in [-0.2, -0.15) is 4.72 Å². The predicted octanol–water partition coefficient (Wildman–Crippen LogP) is 2.44. The van der Waals surface area contributed by atoms with Gasteiger partial charge >= 0.3 is 5.97 Å². The van der Waals surface area contributed by atoms with Gasteiger partial charge in [0.05, 0.1) is 4.90 Å². The molecule has 9 heteroatoms. The van der Waals surface area contributed by atoms with Gasteiger partial charge in [-0.1, -0.05) is 36.4 Å². The summed E-state index contributed by atoms with van der Waals surface area (Å²) in [5.74, 6) is -2.24. The number of anilines is 1. The van der Waals surface area contributed by atoms with E-state index in [9.17, 15) is 22.4 Å². The molecule has 0 heterocycles. The lowest BCUT2D eigenvalue weighted by atomic mass is 10.1. The number of hydrogen-bond acceptors (Lipinski definition) is 5. The molecule has 0 aliphatic carbocycles. The fourth-order valence-electron chi connectivity index (χ4n) is 2.53. The molecule has 1 amide bonds. The Bertz CT molecular complexity index is 1160. The van der Waals surface area contributed by atoms with Gasteiger partial charge in [0.15, 0.2) is 6.61 Å². The molecule has 0 aliphatic rings. The first-order valence-electron chi connectivity index (χ1n) is 8.53. The van der Waals surface area contributed by atoms with Crippen molar-refractivity contribution in [3.05, 3.63) is 72.5 Å². The van der Waals surface area contributed by atoms with Crippen LogP contribution in [0.1, 0.15) is 0 Å². The summed E-state index contributed by atoms with van der Waals surface area (Å²) in [6.07, 6.45) is 0. The van der Waals surface area contributed by atoms with Gasteiger partial charge in [-0.25, -0.2) is 12.8 Å². The van der Waals surface area contributed by atoms with Crippen molar-refractivity contribution < 1.29 is 27.1 Å². The molecule has 0 aromatic heterocycles. The molecule has 0 saturated heterocycles. The zero-order valence-electron chi connectivity index (χ0n) is 15.1. The van der Waals surface area contributed by atoms with Gasteiger partial charge in [0.2, 0.25) is 10.0 Å². The third kappa shape index (κ3) is 5.59. The van der Waals surface area contributed by atoms with Crippen molar-refractivity contribution in [3.8, 4) is 0 Å². The Balaban J connectivity index is 1.49. The van der Waals surface area contributed by atoms with E-state index in [-0.39, 0.29) is 4.90 Å². The van der Waals surface area contributed by atoms with E-state index in [0.717, 1.165) is 22.9 Å². The predicted molar refractivity (Wildman–Crippen MR) is 105 cm³/mol. The lowest BCUT2D eigenvalue weighted by molar-refractivity contribution is -0.146. The zero-order valence-corrected chi connectivity index (χ0v) is 15.9. The minimum atomic E-state index is -4.08. The highest BCUT2D eigenvalue weighted by atomic mass is 32.2. The van der Waals surface area contributed by atoms with E-state index in [2.05, 4.69) is 5.32 Å². The van der Waals surface area contributed by atoms with E-state index in [4.69, 9.17) is 4.74 Å². The van der Waals surface area contributed by atoms with Gasteiger partial charge < -0.3 is 10.1 Å². The molecular weight excluding hydrogens is 399 g/mol. The molecule has 0 unspecified atom stereocenters. The van der Waals surface area contributed by atoms with Gasteiger partial charge in [-0.05, 0) is 41.1 Å². The summed E-state index contributed by atoms with van der Waals surface area (Å²) in [7, 11) is -4.08. The fourth-order valence-corrected chi connectivity index (χ4v) is 3.53. The second-order valence-electron chi connectivity index (χ2n) is 6.05. The van der Waals surface area contributed by atoms with Gasteiger partial charge in [0.1, 0.15) is 12.4 Å². The van der Waals surface area contributed by atoms with Crippen LogP contribution in [-0.4, -0.2) is 33.4 Å². The molecule has 0 spiro atoms. The molecule has 3 aromatic rings. The first-order chi connectivity index (χ1) is 13.8. The average molecular weight is 416 g/mol. The molecule has 7 nitrogen and oxygen atoms in total. The number of nitrogens with one attached hydrogen (secondary N) is 2. The third-order valence-corrected chi connectivity index (χ3v) is 5.31. The highest BCUT2D eigenvalue weighted by Crippen LogP contribution is 2.18. The van der Waals surface area contributed by atoms with E-state index in [0.29, 0.717) is 5.69 Å². The summed E-state index contributed by atoms with van der Waals surface area (Å²) < 4.78 is 43.9. The molecule has 29 heavy (non-hydrogen) atoms. The Kier molecular flexibility index (Phi) is 6.20. The molecule has 0 radical (unpaired) electrons. The maximum Gasteiger partial charge on any atom is 0.321 e. The summed E-state index contributed by atoms with van der Waals surface area (Å²) in [6, 6.07) is 17.3. The Morgan fingerprint density at radius 1 is 0.931 bits per heavy atom. The van der Waals surface area contributed by atoms with Crippen molar-refractivity contribution >= 4 is 38.4 Å². The number of carbonyl (C=O) groups excluding carboxylic acids is 2. The Morgan fingerprint density at radius 3 is 2.45 bits per heavy atom. The number of rotatable bonds is 7. The monoisotopic (exact) mass is 416 g/mol. The number of amides is 1. The summed E-state index contributed by atoms with van der Waals surface area (Å²) >= 11 is 0. The lowest BCUT2D eigenvalue weighted by Crippen LogP contribution is -2.32. The second kappa shape index (κ2) is 8.80. The van der Waals surface area contributed by atoms with E-state index < -0.39 is 40.9 Å². The molecule has 3 rings (SSSR count). The topological polar surface area (TPSA) is 102 Å². The fraction of sp³-hybridized carbons (Fsp3) is 0.100. The average Bonchev–Trinajstić information content (AvgIpc) is 2.71. The highest BCUT2D eigenvalue weighted by Gasteiger charge is 2.17. The van der Waals surface area contributed by atoms with Crippen LogP contribution in [0.5, 0.6) is 0 Å². The number of ether oxygens (including phenoxy) is 1. The molecule has 2 N–H and O–H groups in total. The van der Waals surface area contributed by atoms with Crippen LogP contribution < -0.4 is 10.0 Å². The van der Waals surface area contributed by atoms with Crippen molar-refractivity contribution in [2.45, 2.75) is 4.90 Å². The third-order valence-electron chi connectivity index (χ3n) is 3.91. The van der Waals surface area contributed by atoms with Crippen molar-refractivity contribution in [1.29, 1.82) is 0 Å². The van der Waals surface area contributed by atoms with Crippen LogP contribution in [0.15, 0.2) is 71.6 Å². The van der Waals surface area contributed by atoms with Gasteiger partial charge in [-0.3, -0.25) is 9.59 Å². The Hall–Kier alpha value is -3.30. The molecule has 0 saturated carbocycles. The van der Waals surface area contributed by atoms with Crippen LogP contribution in [0.4, 0.5) is 10.1 Å². The zero-order chi connectivity index (χ0) is 20.9. The lowest BCUT2D eigenvalue weighted by Gasteiger charge is -2.09. The summed E-state index contributed by atoms with van der Waals surface area (Å²) in [6.45, 7) is -1.27. The maximum atomic E-state index is 13.1. The van der Waals surface area contributed by atoms with Crippen LogP contribution in [0.2, 0.25) is 0 Å². The Morgan fingerprint density at radius 2 is 1.69 bits per heavy atom. The maximum absolute atomic E-state index is 13.1. The molecule has 0 fully saturated rings.